The standard InChI is InChI=1S/C17H15N3O3/c1-20-13-5-3-2-4-12(13)16(19-20)17(21)18-9-11-6-7-14-15(8-11)23-10-22-14/h2-8H,9-10H2,1H3,(H,18,21). The third-order valence-corrected chi connectivity index (χ3v) is 3.86. The number of aromatic nitrogens is 2. The van der Waals surface area contributed by atoms with Crippen molar-refractivity contribution in [1.29, 1.82) is 0 Å². The topological polar surface area (TPSA) is 65.4 Å². The Kier molecular flexibility index (Phi) is 3.15. The minimum Gasteiger partial charge on any atom is -0.454 e. The third kappa shape index (κ3) is 2.38. The molecule has 0 spiro atoms. The fraction of sp³-hybridized carbons (Fsp3) is 0.176. The fourth-order valence-electron chi connectivity index (χ4n) is 2.70. The zero-order valence-corrected chi connectivity index (χ0v) is 12.6. The van der Waals surface area contributed by atoms with Crippen LogP contribution in [0.5, 0.6) is 11.5 Å². The van der Waals surface area contributed by atoms with Gasteiger partial charge in [0.05, 0.1) is 5.52 Å². The molecule has 0 atom stereocenters. The van der Waals surface area contributed by atoms with Crippen molar-refractivity contribution < 1.29 is 14.3 Å². The molecule has 0 aliphatic carbocycles. The number of fused-ring (bicyclic) bond motifs is 2. The van der Waals surface area contributed by atoms with Gasteiger partial charge in [-0.05, 0) is 23.8 Å². The number of aryl methyl sites for hydroxylation is 1. The van der Waals surface area contributed by atoms with Crippen molar-refractivity contribution in [2.45, 2.75) is 6.54 Å². The van der Waals surface area contributed by atoms with Gasteiger partial charge in [-0.15, -0.1) is 0 Å². The van der Waals surface area contributed by atoms with E-state index in [2.05, 4.69) is 10.4 Å². The van der Waals surface area contributed by atoms with Crippen LogP contribution in [0.3, 0.4) is 0 Å². The molecule has 1 aromatic heterocycles. The maximum Gasteiger partial charge on any atom is 0.272 e. The SMILES string of the molecule is Cn1nc(C(=O)NCc2ccc3c(c2)OCO3)c2ccccc21. The number of hydrogen-bond donors (Lipinski definition) is 1. The van der Waals surface area contributed by atoms with Crippen molar-refractivity contribution in [2.24, 2.45) is 7.05 Å². The lowest BCUT2D eigenvalue weighted by Gasteiger charge is -2.05. The predicted molar refractivity (Wildman–Crippen MR) is 84.4 cm³/mol. The van der Waals surface area contributed by atoms with Crippen LogP contribution in [0.1, 0.15) is 16.1 Å². The van der Waals surface area contributed by atoms with E-state index in [1.807, 2.05) is 49.5 Å². The summed E-state index contributed by atoms with van der Waals surface area (Å²) in [6.45, 7) is 0.644. The molecule has 3 aromatic rings. The van der Waals surface area contributed by atoms with E-state index in [4.69, 9.17) is 9.47 Å². The number of carbonyl (C=O) groups excluding carboxylic acids is 1. The lowest BCUT2D eigenvalue weighted by molar-refractivity contribution is 0.0946. The molecule has 6 nitrogen and oxygen atoms in total. The molecule has 116 valence electrons. The maximum atomic E-state index is 12.4. The van der Waals surface area contributed by atoms with Crippen molar-refractivity contribution >= 4 is 16.8 Å². The van der Waals surface area contributed by atoms with E-state index in [0.29, 0.717) is 18.0 Å². The van der Waals surface area contributed by atoms with Gasteiger partial charge in [0.25, 0.3) is 5.91 Å². The second kappa shape index (κ2) is 5.31. The van der Waals surface area contributed by atoms with Gasteiger partial charge in [-0.2, -0.15) is 5.10 Å². The summed E-state index contributed by atoms with van der Waals surface area (Å²) in [5.74, 6) is 1.25. The van der Waals surface area contributed by atoms with E-state index in [1.165, 1.54) is 0 Å². The van der Waals surface area contributed by atoms with E-state index in [1.54, 1.807) is 4.68 Å². The largest absolute Gasteiger partial charge is 0.454 e. The van der Waals surface area contributed by atoms with Crippen molar-refractivity contribution in [2.75, 3.05) is 6.79 Å². The van der Waals surface area contributed by atoms with E-state index in [-0.39, 0.29) is 12.7 Å². The number of amides is 1. The highest BCUT2D eigenvalue weighted by molar-refractivity contribution is 6.04. The molecule has 0 bridgehead atoms. The molecule has 0 radical (unpaired) electrons. The Bertz CT molecular complexity index is 901. The highest BCUT2D eigenvalue weighted by Crippen LogP contribution is 2.32. The number of para-hydroxylation sites is 1. The van der Waals surface area contributed by atoms with Gasteiger partial charge in [0.2, 0.25) is 6.79 Å². The Balaban J connectivity index is 1.53. The zero-order valence-electron chi connectivity index (χ0n) is 12.6. The number of nitrogens with zero attached hydrogens (tertiary/aromatic N) is 2. The molecule has 6 heteroatoms. The first-order valence-corrected chi connectivity index (χ1v) is 7.31. The number of nitrogens with one attached hydrogen (secondary N) is 1. The summed E-state index contributed by atoms with van der Waals surface area (Å²) in [4.78, 5) is 12.4. The summed E-state index contributed by atoms with van der Waals surface area (Å²) < 4.78 is 12.3. The summed E-state index contributed by atoms with van der Waals surface area (Å²) in [5.41, 5.74) is 2.31. The van der Waals surface area contributed by atoms with Crippen molar-refractivity contribution in [3.05, 3.63) is 53.7 Å². The Morgan fingerprint density at radius 3 is 2.96 bits per heavy atom. The maximum absolute atomic E-state index is 12.4. The van der Waals surface area contributed by atoms with Gasteiger partial charge in [0.1, 0.15) is 0 Å². The van der Waals surface area contributed by atoms with Crippen molar-refractivity contribution in [3.63, 3.8) is 0 Å². The number of benzene rings is 2. The quantitative estimate of drug-likeness (QED) is 0.806. The van der Waals surface area contributed by atoms with Gasteiger partial charge in [-0.1, -0.05) is 24.3 Å². The van der Waals surface area contributed by atoms with Crippen LogP contribution in [0.15, 0.2) is 42.5 Å². The second-order valence-corrected chi connectivity index (χ2v) is 5.36. The van der Waals surface area contributed by atoms with Crippen LogP contribution in [-0.2, 0) is 13.6 Å². The van der Waals surface area contributed by atoms with Gasteiger partial charge in [-0.3, -0.25) is 9.48 Å². The summed E-state index contributed by atoms with van der Waals surface area (Å²) in [6, 6.07) is 13.3. The Hall–Kier alpha value is -3.02. The van der Waals surface area contributed by atoms with E-state index < -0.39 is 0 Å². The normalized spacial score (nSPS) is 12.6. The predicted octanol–water partition coefficient (Wildman–Crippen LogP) is 2.23. The molecule has 1 aliphatic heterocycles. The van der Waals surface area contributed by atoms with Crippen LogP contribution >= 0.6 is 0 Å². The van der Waals surface area contributed by atoms with Gasteiger partial charge < -0.3 is 14.8 Å². The molecule has 1 N–H and O–H groups in total. The van der Waals surface area contributed by atoms with Crippen LogP contribution in [0, 0.1) is 0 Å². The monoisotopic (exact) mass is 309 g/mol. The minimum absolute atomic E-state index is 0.195. The minimum atomic E-state index is -0.195. The molecule has 0 saturated carbocycles. The Morgan fingerprint density at radius 1 is 1.22 bits per heavy atom. The molecular weight excluding hydrogens is 294 g/mol. The van der Waals surface area contributed by atoms with Gasteiger partial charge in [-0.25, -0.2) is 0 Å². The molecule has 23 heavy (non-hydrogen) atoms. The highest BCUT2D eigenvalue weighted by Gasteiger charge is 2.16. The second-order valence-electron chi connectivity index (χ2n) is 5.36. The smallest absolute Gasteiger partial charge is 0.272 e. The molecule has 4 rings (SSSR count). The first-order valence-electron chi connectivity index (χ1n) is 7.31. The molecule has 0 saturated heterocycles. The molecule has 2 heterocycles. The zero-order chi connectivity index (χ0) is 15.8. The number of rotatable bonds is 3. The van der Waals surface area contributed by atoms with Gasteiger partial charge in [0.15, 0.2) is 17.2 Å². The number of hydrogen-bond acceptors (Lipinski definition) is 4. The van der Waals surface area contributed by atoms with Crippen LogP contribution in [-0.4, -0.2) is 22.5 Å². The average molecular weight is 309 g/mol. The van der Waals surface area contributed by atoms with Crippen molar-refractivity contribution in [1.82, 2.24) is 15.1 Å². The first kappa shape index (κ1) is 13.6. The highest BCUT2D eigenvalue weighted by atomic mass is 16.7. The molecule has 1 aliphatic rings. The Labute approximate surface area is 132 Å². The Morgan fingerprint density at radius 2 is 2.04 bits per heavy atom. The average Bonchev–Trinajstić information content (AvgIpc) is 3.17. The molecule has 1 amide bonds. The summed E-state index contributed by atoms with van der Waals surface area (Å²) >= 11 is 0. The third-order valence-electron chi connectivity index (χ3n) is 3.86. The van der Waals surface area contributed by atoms with Crippen LogP contribution in [0.2, 0.25) is 0 Å². The molecular formula is C17H15N3O3. The lowest BCUT2D eigenvalue weighted by atomic mass is 10.2. The summed E-state index contributed by atoms with van der Waals surface area (Å²) in [6.07, 6.45) is 0. The lowest BCUT2D eigenvalue weighted by Crippen LogP contribution is -2.23. The van der Waals surface area contributed by atoms with E-state index in [9.17, 15) is 4.79 Å². The van der Waals surface area contributed by atoms with Crippen LogP contribution in [0.25, 0.3) is 10.9 Å². The molecule has 0 fully saturated rings. The summed E-state index contributed by atoms with van der Waals surface area (Å²) in [7, 11) is 1.83. The van der Waals surface area contributed by atoms with Gasteiger partial charge >= 0.3 is 0 Å². The molecule has 0 unspecified atom stereocenters. The first-order chi connectivity index (χ1) is 11.2. The number of ether oxygens (including phenoxy) is 2. The van der Waals surface area contributed by atoms with Gasteiger partial charge in [0, 0.05) is 19.0 Å². The van der Waals surface area contributed by atoms with E-state index >= 15 is 0 Å². The van der Waals surface area contributed by atoms with E-state index in [0.717, 1.165) is 22.2 Å². The van der Waals surface area contributed by atoms with Crippen LogP contribution < -0.4 is 14.8 Å². The van der Waals surface area contributed by atoms with Crippen LogP contribution in [0.4, 0.5) is 0 Å². The number of carbonyl (C=O) groups is 1. The molecule has 2 aromatic carbocycles. The van der Waals surface area contributed by atoms with Crippen molar-refractivity contribution in [3.8, 4) is 11.5 Å². The fourth-order valence-corrected chi connectivity index (χ4v) is 2.70. The summed E-state index contributed by atoms with van der Waals surface area (Å²) in [5, 5.41) is 8.07.